The van der Waals surface area contributed by atoms with Crippen LogP contribution in [0.25, 0.3) is 5.69 Å². The summed E-state index contributed by atoms with van der Waals surface area (Å²) < 4.78 is 1.69. The molecule has 1 heterocycles. The Labute approximate surface area is 149 Å². The first kappa shape index (κ1) is 17.1. The number of hydrogen-bond acceptors (Lipinski definition) is 6. The van der Waals surface area contributed by atoms with Crippen LogP contribution in [0.4, 0.5) is 5.69 Å². The summed E-state index contributed by atoms with van der Waals surface area (Å²) in [6.45, 7) is 6.03. The zero-order chi connectivity index (χ0) is 18.0. The van der Waals surface area contributed by atoms with Crippen LogP contribution in [0.3, 0.4) is 0 Å². The van der Waals surface area contributed by atoms with Crippen LogP contribution in [0.5, 0.6) is 0 Å². The molecule has 7 nitrogen and oxygen atoms in total. The second-order valence-corrected chi connectivity index (χ2v) is 7.14. The topological polar surface area (TPSA) is 86.7 Å². The van der Waals surface area contributed by atoms with Gasteiger partial charge in [-0.25, -0.2) is 0 Å². The van der Waals surface area contributed by atoms with Crippen molar-refractivity contribution < 1.29 is 4.92 Å². The van der Waals surface area contributed by atoms with Crippen molar-refractivity contribution in [3.05, 3.63) is 69.3 Å². The van der Waals surface area contributed by atoms with E-state index < -0.39 is 0 Å². The monoisotopic (exact) mass is 355 g/mol. The highest BCUT2D eigenvalue weighted by molar-refractivity contribution is 7.99. The Bertz CT molecular complexity index is 905. The van der Waals surface area contributed by atoms with Gasteiger partial charge >= 0.3 is 0 Å². The smallest absolute Gasteiger partial charge is 0.258 e. The molecule has 0 amide bonds. The van der Waals surface area contributed by atoms with Crippen molar-refractivity contribution in [2.24, 2.45) is 0 Å². The van der Waals surface area contributed by atoms with Gasteiger partial charge in [-0.15, -0.1) is 5.10 Å². The molecule has 1 aromatic heterocycles. The van der Waals surface area contributed by atoms with Crippen molar-refractivity contribution in [1.82, 2.24) is 20.2 Å². The van der Waals surface area contributed by atoms with Crippen molar-refractivity contribution in [1.29, 1.82) is 0 Å². The maximum atomic E-state index is 11.0. The Balaban J connectivity index is 1.88. The van der Waals surface area contributed by atoms with E-state index in [0.29, 0.717) is 5.16 Å². The summed E-state index contributed by atoms with van der Waals surface area (Å²) in [5.41, 5.74) is 4.10. The van der Waals surface area contributed by atoms with Gasteiger partial charge in [0.25, 0.3) is 5.69 Å². The van der Waals surface area contributed by atoms with Crippen molar-refractivity contribution in [3.63, 3.8) is 0 Å². The molecule has 0 bridgehead atoms. The summed E-state index contributed by atoms with van der Waals surface area (Å²) in [5.74, 6) is 0. The minimum Gasteiger partial charge on any atom is -0.258 e. The van der Waals surface area contributed by atoms with Crippen LogP contribution in [0.2, 0.25) is 0 Å². The molecule has 0 spiro atoms. The number of nitro benzene ring substituents is 1. The van der Waals surface area contributed by atoms with Gasteiger partial charge in [-0.2, -0.15) is 4.68 Å². The van der Waals surface area contributed by atoms with Crippen LogP contribution >= 0.6 is 11.8 Å². The van der Waals surface area contributed by atoms with E-state index in [1.165, 1.54) is 17.8 Å². The Kier molecular flexibility index (Phi) is 4.80. The molecule has 0 unspecified atom stereocenters. The molecular formula is C17H17N5O2S. The minimum atomic E-state index is -0.388. The first-order chi connectivity index (χ1) is 11.9. The lowest BCUT2D eigenvalue weighted by molar-refractivity contribution is -0.384. The molecule has 128 valence electrons. The van der Waals surface area contributed by atoms with Crippen molar-refractivity contribution in [3.8, 4) is 5.69 Å². The molecule has 0 radical (unpaired) electrons. The Morgan fingerprint density at radius 2 is 1.88 bits per heavy atom. The molecule has 1 atom stereocenters. The summed E-state index contributed by atoms with van der Waals surface area (Å²) in [5, 5.41) is 23.5. The quantitative estimate of drug-likeness (QED) is 0.390. The van der Waals surface area contributed by atoms with Crippen LogP contribution in [0.15, 0.2) is 47.6 Å². The Morgan fingerprint density at radius 3 is 2.56 bits per heavy atom. The van der Waals surface area contributed by atoms with Crippen molar-refractivity contribution in [2.75, 3.05) is 0 Å². The largest absolute Gasteiger partial charge is 0.269 e. The zero-order valence-electron chi connectivity index (χ0n) is 14.1. The summed E-state index contributed by atoms with van der Waals surface area (Å²) in [6, 6.07) is 12.8. The van der Waals surface area contributed by atoms with Gasteiger partial charge in [-0.3, -0.25) is 10.1 Å². The van der Waals surface area contributed by atoms with Gasteiger partial charge in [0.15, 0.2) is 0 Å². The maximum absolute atomic E-state index is 11.0. The highest BCUT2D eigenvalue weighted by Gasteiger charge is 2.17. The normalized spacial score (nSPS) is 12.1. The van der Waals surface area contributed by atoms with Gasteiger partial charge in [-0.1, -0.05) is 30.0 Å². The number of non-ortho nitro benzene ring substituents is 1. The first-order valence-corrected chi connectivity index (χ1v) is 8.60. The van der Waals surface area contributed by atoms with Crippen LogP contribution in [-0.4, -0.2) is 25.1 Å². The van der Waals surface area contributed by atoms with Crippen molar-refractivity contribution >= 4 is 17.4 Å². The molecular weight excluding hydrogens is 338 g/mol. The number of aromatic nitrogens is 4. The predicted molar refractivity (Wildman–Crippen MR) is 96.0 cm³/mol. The molecule has 8 heteroatoms. The third kappa shape index (κ3) is 3.85. The summed E-state index contributed by atoms with van der Waals surface area (Å²) in [4.78, 5) is 10.6. The molecule has 0 aliphatic carbocycles. The highest BCUT2D eigenvalue weighted by Crippen LogP contribution is 2.35. The number of rotatable bonds is 5. The predicted octanol–water partition coefficient (Wildman–Crippen LogP) is 4.04. The number of aryl methyl sites for hydroxylation is 2. The van der Waals surface area contributed by atoms with E-state index in [1.807, 2.05) is 39.0 Å². The molecule has 0 fully saturated rings. The Morgan fingerprint density at radius 1 is 1.16 bits per heavy atom. The Hall–Kier alpha value is -2.74. The van der Waals surface area contributed by atoms with Gasteiger partial charge in [-0.05, 0) is 60.0 Å². The number of benzene rings is 2. The minimum absolute atomic E-state index is 0.0319. The van der Waals surface area contributed by atoms with Gasteiger partial charge in [0.1, 0.15) is 0 Å². The van der Waals surface area contributed by atoms with E-state index in [-0.39, 0.29) is 15.9 Å². The van der Waals surface area contributed by atoms with Gasteiger partial charge < -0.3 is 0 Å². The van der Waals surface area contributed by atoms with E-state index in [9.17, 15) is 10.1 Å². The standard InChI is InChI=1S/C17H17N5O2S/c1-11-7-12(2)9-16(8-11)21-17(18-19-20-21)25-13(3)14-5-4-6-15(10-14)22(23)24/h4-10,13H,1-3H3/t13-/m0/s1. The van der Waals surface area contributed by atoms with Gasteiger partial charge in [0, 0.05) is 17.4 Å². The number of hydrogen-bond donors (Lipinski definition) is 0. The fourth-order valence-corrected chi connectivity index (χ4v) is 3.53. The van der Waals surface area contributed by atoms with Gasteiger partial charge in [0.2, 0.25) is 5.16 Å². The number of thioether (sulfide) groups is 1. The van der Waals surface area contributed by atoms with Crippen LogP contribution in [-0.2, 0) is 0 Å². The summed E-state index contributed by atoms with van der Waals surface area (Å²) in [6.07, 6.45) is 0. The van der Waals surface area contributed by atoms with E-state index in [0.717, 1.165) is 22.4 Å². The van der Waals surface area contributed by atoms with Crippen LogP contribution in [0.1, 0.15) is 28.9 Å². The second kappa shape index (κ2) is 7.02. The van der Waals surface area contributed by atoms with Gasteiger partial charge in [0.05, 0.1) is 10.6 Å². The lowest BCUT2D eigenvalue weighted by atomic mass is 10.1. The molecule has 0 aliphatic heterocycles. The van der Waals surface area contributed by atoms with E-state index in [2.05, 4.69) is 21.6 Å². The molecule has 2 aromatic carbocycles. The summed E-state index contributed by atoms with van der Waals surface area (Å²) >= 11 is 1.46. The van der Waals surface area contributed by atoms with E-state index in [1.54, 1.807) is 16.8 Å². The lowest BCUT2D eigenvalue weighted by Crippen LogP contribution is -2.01. The van der Waals surface area contributed by atoms with Crippen LogP contribution < -0.4 is 0 Å². The second-order valence-electron chi connectivity index (χ2n) is 5.83. The maximum Gasteiger partial charge on any atom is 0.269 e. The SMILES string of the molecule is Cc1cc(C)cc(-n2nnnc2S[C@@H](C)c2cccc([N+](=O)[O-])c2)c1. The number of nitro groups is 1. The fourth-order valence-electron chi connectivity index (χ4n) is 2.60. The molecule has 0 saturated heterocycles. The first-order valence-electron chi connectivity index (χ1n) is 7.72. The average molecular weight is 355 g/mol. The number of tetrazole rings is 1. The molecule has 0 N–H and O–H groups in total. The number of nitrogens with zero attached hydrogens (tertiary/aromatic N) is 5. The van der Waals surface area contributed by atoms with E-state index in [4.69, 9.17) is 0 Å². The van der Waals surface area contributed by atoms with Crippen molar-refractivity contribution in [2.45, 2.75) is 31.2 Å². The molecule has 0 aliphatic rings. The zero-order valence-corrected chi connectivity index (χ0v) is 14.9. The molecule has 0 saturated carbocycles. The average Bonchev–Trinajstić information content (AvgIpc) is 3.02. The van der Waals surface area contributed by atoms with E-state index >= 15 is 0 Å². The molecule has 3 aromatic rings. The van der Waals surface area contributed by atoms with Crippen LogP contribution in [0, 0.1) is 24.0 Å². The molecule has 3 rings (SSSR count). The lowest BCUT2D eigenvalue weighted by Gasteiger charge is -2.12. The molecule has 25 heavy (non-hydrogen) atoms. The fraction of sp³-hybridized carbons (Fsp3) is 0.235. The third-order valence-electron chi connectivity index (χ3n) is 3.72. The third-order valence-corrected chi connectivity index (χ3v) is 4.82. The highest BCUT2D eigenvalue weighted by atomic mass is 32.2. The summed E-state index contributed by atoms with van der Waals surface area (Å²) in [7, 11) is 0.